The van der Waals surface area contributed by atoms with Crippen LogP contribution in [0.3, 0.4) is 0 Å². The van der Waals surface area contributed by atoms with Gasteiger partial charge in [-0.15, -0.1) is 0 Å². The van der Waals surface area contributed by atoms with Gasteiger partial charge in [-0.2, -0.15) is 0 Å². The Balaban J connectivity index is 1.73. The highest BCUT2D eigenvalue weighted by Gasteiger charge is 2.33. The average molecular weight is 489 g/mol. The van der Waals surface area contributed by atoms with Crippen LogP contribution in [0.25, 0.3) is 43.6 Å². The van der Waals surface area contributed by atoms with Gasteiger partial charge in [0, 0.05) is 17.0 Å². The van der Waals surface area contributed by atoms with Crippen LogP contribution in [0.5, 0.6) is 11.5 Å². The highest BCUT2D eigenvalue weighted by atomic mass is 16.5. The zero-order chi connectivity index (χ0) is 26.1. The van der Waals surface area contributed by atoms with Crippen molar-refractivity contribution < 1.29 is 9.30 Å². The third kappa shape index (κ3) is 3.89. The molecule has 4 aromatic carbocycles. The fraction of sp³-hybridized carbons (Fsp3) is 0.343. The van der Waals surface area contributed by atoms with Gasteiger partial charge < -0.3 is 4.74 Å². The number of benzene rings is 4. The van der Waals surface area contributed by atoms with Crippen molar-refractivity contribution in [2.75, 3.05) is 0 Å². The fourth-order valence-electron chi connectivity index (χ4n) is 6.29. The summed E-state index contributed by atoms with van der Waals surface area (Å²) in [5, 5.41) is 7.78. The molecule has 0 radical (unpaired) electrons. The molecule has 0 atom stereocenters. The topological polar surface area (TPSA) is 13.1 Å². The van der Waals surface area contributed by atoms with Gasteiger partial charge in [-0.05, 0) is 76.3 Å². The summed E-state index contributed by atoms with van der Waals surface area (Å²) in [6.45, 7) is 13.8. The lowest BCUT2D eigenvalue weighted by molar-refractivity contribution is -0.659. The zero-order valence-corrected chi connectivity index (χ0v) is 23.3. The molecule has 2 heterocycles. The second-order valence-electron chi connectivity index (χ2n) is 12.6. The highest BCUT2D eigenvalue weighted by molar-refractivity contribution is 6.16. The summed E-state index contributed by atoms with van der Waals surface area (Å²) >= 11 is 0. The van der Waals surface area contributed by atoms with E-state index in [-0.39, 0.29) is 5.41 Å². The molecule has 0 saturated heterocycles. The summed E-state index contributed by atoms with van der Waals surface area (Å²) in [6.07, 6.45) is 5.41. The van der Waals surface area contributed by atoms with Crippen molar-refractivity contribution in [1.29, 1.82) is 0 Å². The number of rotatable bonds is 4. The highest BCUT2D eigenvalue weighted by Crippen LogP contribution is 2.52. The average Bonchev–Trinajstić information content (AvgIpc) is 2.84. The van der Waals surface area contributed by atoms with Crippen LogP contribution in [0.1, 0.15) is 57.7 Å². The predicted molar refractivity (Wildman–Crippen MR) is 157 cm³/mol. The van der Waals surface area contributed by atoms with Crippen LogP contribution in [0.2, 0.25) is 0 Å². The Labute approximate surface area is 220 Å². The van der Waals surface area contributed by atoms with E-state index in [0.717, 1.165) is 30.8 Å². The largest absolute Gasteiger partial charge is 0.455 e. The first-order chi connectivity index (χ1) is 17.6. The number of hydrogen-bond acceptors (Lipinski definition) is 1. The van der Waals surface area contributed by atoms with Crippen molar-refractivity contribution in [3.05, 3.63) is 77.5 Å². The lowest BCUT2D eigenvalue weighted by Gasteiger charge is -2.26. The summed E-state index contributed by atoms with van der Waals surface area (Å²) in [6, 6.07) is 20.3. The second-order valence-corrected chi connectivity index (χ2v) is 12.6. The molecule has 1 aliphatic heterocycles. The lowest BCUT2D eigenvalue weighted by Crippen LogP contribution is -2.32. The van der Waals surface area contributed by atoms with E-state index in [0.29, 0.717) is 5.92 Å². The summed E-state index contributed by atoms with van der Waals surface area (Å²) in [5.74, 6) is 2.68. The first kappa shape index (κ1) is 24.0. The number of aromatic nitrogens is 1. The molecule has 2 nitrogen and oxygen atoms in total. The molecule has 5 aromatic rings. The number of ether oxygens (including phenoxy) is 1. The van der Waals surface area contributed by atoms with E-state index in [1.54, 1.807) is 0 Å². The van der Waals surface area contributed by atoms with E-state index >= 15 is 0 Å². The van der Waals surface area contributed by atoms with Gasteiger partial charge in [0.25, 0.3) is 0 Å². The van der Waals surface area contributed by atoms with Crippen molar-refractivity contribution in [1.82, 2.24) is 0 Å². The van der Waals surface area contributed by atoms with E-state index in [1.807, 2.05) is 0 Å². The number of pyridine rings is 1. The zero-order valence-electron chi connectivity index (χ0n) is 23.3. The first-order valence-electron chi connectivity index (χ1n) is 13.7. The molecule has 6 rings (SSSR count). The standard InChI is InChI=1S/C35H38NO/c1-21(2)15-16-28-25-13-9-8-12-24(25)22(3)31-33-32-27(17-18-36(33)7)26-14-10-11-23(20-35(4,5)6)29(26)19-30(32)37-34(28)31/h8-14,17-19,21H,15-16,20H2,1-7H3/q+1. The van der Waals surface area contributed by atoms with E-state index in [4.69, 9.17) is 4.74 Å². The SMILES string of the molecule is Cc1c2c(c(CCC(C)C)c3ccccc13)Oc1cc3c(CC(C)(C)C)cccc3c3cc[n+](C)c-2c13. The number of nitrogens with zero attached hydrogens (tertiary/aromatic N) is 1. The van der Waals surface area contributed by atoms with Gasteiger partial charge in [0.15, 0.2) is 6.20 Å². The van der Waals surface area contributed by atoms with Gasteiger partial charge in [-0.25, -0.2) is 4.57 Å². The third-order valence-electron chi connectivity index (χ3n) is 8.01. The maximum Gasteiger partial charge on any atom is 0.228 e. The predicted octanol–water partition coefficient (Wildman–Crippen LogP) is 9.23. The monoisotopic (exact) mass is 488 g/mol. The summed E-state index contributed by atoms with van der Waals surface area (Å²) in [7, 11) is 2.18. The smallest absolute Gasteiger partial charge is 0.228 e. The summed E-state index contributed by atoms with van der Waals surface area (Å²) < 4.78 is 9.33. The van der Waals surface area contributed by atoms with Crippen LogP contribution in [0.4, 0.5) is 0 Å². The summed E-state index contributed by atoms with van der Waals surface area (Å²) in [5.41, 5.74) is 6.77. The van der Waals surface area contributed by atoms with Gasteiger partial charge in [-0.1, -0.05) is 77.1 Å². The number of hydrogen-bond donors (Lipinski definition) is 0. The Kier molecular flexibility index (Phi) is 5.56. The van der Waals surface area contributed by atoms with Crippen molar-refractivity contribution in [2.45, 2.75) is 60.8 Å². The first-order valence-corrected chi connectivity index (χ1v) is 13.7. The molecule has 1 aromatic heterocycles. The van der Waals surface area contributed by atoms with Crippen molar-refractivity contribution in [2.24, 2.45) is 18.4 Å². The Morgan fingerprint density at radius 1 is 0.865 bits per heavy atom. The van der Waals surface area contributed by atoms with Gasteiger partial charge in [0.2, 0.25) is 5.69 Å². The van der Waals surface area contributed by atoms with Gasteiger partial charge in [-0.3, -0.25) is 0 Å². The van der Waals surface area contributed by atoms with Crippen LogP contribution >= 0.6 is 0 Å². The minimum absolute atomic E-state index is 0.211. The molecule has 0 unspecified atom stereocenters. The molecular formula is C35H38NO+. The van der Waals surface area contributed by atoms with Crippen LogP contribution in [0, 0.1) is 18.3 Å². The minimum Gasteiger partial charge on any atom is -0.455 e. The van der Waals surface area contributed by atoms with Gasteiger partial charge >= 0.3 is 0 Å². The normalized spacial score (nSPS) is 13.0. The molecule has 0 aliphatic carbocycles. The molecule has 1 aliphatic rings. The van der Waals surface area contributed by atoms with Crippen LogP contribution in [-0.2, 0) is 19.9 Å². The van der Waals surface area contributed by atoms with Crippen molar-refractivity contribution >= 4 is 32.3 Å². The Hall–Kier alpha value is -3.39. The van der Waals surface area contributed by atoms with Crippen LogP contribution in [0.15, 0.2) is 60.8 Å². The van der Waals surface area contributed by atoms with E-state index in [9.17, 15) is 0 Å². The molecular weight excluding hydrogens is 450 g/mol. The molecule has 2 heteroatoms. The molecule has 0 bridgehead atoms. The second kappa shape index (κ2) is 8.58. The number of fused-ring (bicyclic) bond motifs is 5. The maximum absolute atomic E-state index is 7.04. The van der Waals surface area contributed by atoms with Crippen molar-refractivity contribution in [3.8, 4) is 22.8 Å². The van der Waals surface area contributed by atoms with E-state index in [2.05, 4.69) is 114 Å². The number of aryl methyl sites for hydroxylation is 3. The Bertz CT molecular complexity index is 1700. The van der Waals surface area contributed by atoms with E-state index < -0.39 is 0 Å². The lowest BCUT2D eigenvalue weighted by atomic mass is 9.84. The fourth-order valence-corrected chi connectivity index (χ4v) is 6.29. The minimum atomic E-state index is 0.211. The molecule has 0 amide bonds. The van der Waals surface area contributed by atoms with Crippen molar-refractivity contribution in [3.63, 3.8) is 0 Å². The molecule has 37 heavy (non-hydrogen) atoms. The molecule has 0 N–H and O–H groups in total. The van der Waals surface area contributed by atoms with Crippen LogP contribution < -0.4 is 9.30 Å². The molecule has 188 valence electrons. The molecule has 0 saturated carbocycles. The quantitative estimate of drug-likeness (QED) is 0.178. The maximum atomic E-state index is 7.04. The molecule has 0 spiro atoms. The Morgan fingerprint density at radius 3 is 2.32 bits per heavy atom. The summed E-state index contributed by atoms with van der Waals surface area (Å²) in [4.78, 5) is 0. The van der Waals surface area contributed by atoms with Gasteiger partial charge in [0.05, 0.1) is 10.9 Å². The van der Waals surface area contributed by atoms with Gasteiger partial charge in [0.1, 0.15) is 18.5 Å². The van der Waals surface area contributed by atoms with E-state index in [1.165, 1.54) is 60.3 Å². The molecule has 0 fully saturated rings. The third-order valence-corrected chi connectivity index (χ3v) is 8.01. The Morgan fingerprint density at radius 2 is 1.59 bits per heavy atom. The van der Waals surface area contributed by atoms with Crippen LogP contribution in [-0.4, -0.2) is 0 Å².